The normalized spacial score (nSPS) is 12.8. The Morgan fingerprint density at radius 1 is 1.40 bits per heavy atom. The van der Waals surface area contributed by atoms with Gasteiger partial charge in [0, 0.05) is 11.6 Å². The van der Waals surface area contributed by atoms with Gasteiger partial charge in [-0.25, -0.2) is 0 Å². The van der Waals surface area contributed by atoms with Crippen molar-refractivity contribution in [3.05, 3.63) is 34.3 Å². The van der Waals surface area contributed by atoms with Gasteiger partial charge in [0.25, 0.3) is 0 Å². The summed E-state index contributed by atoms with van der Waals surface area (Å²) in [5.41, 5.74) is 2.08. The molecule has 0 amide bonds. The van der Waals surface area contributed by atoms with Crippen LogP contribution >= 0.6 is 11.6 Å². The highest BCUT2D eigenvalue weighted by molar-refractivity contribution is 6.31. The molecule has 0 heterocycles. The molecule has 84 valence electrons. The van der Waals surface area contributed by atoms with Crippen LogP contribution in [0.15, 0.2) is 18.2 Å². The lowest BCUT2D eigenvalue weighted by Gasteiger charge is -2.11. The van der Waals surface area contributed by atoms with Gasteiger partial charge in [0.15, 0.2) is 0 Å². The summed E-state index contributed by atoms with van der Waals surface area (Å²) in [5, 5.41) is 19.0. The highest BCUT2D eigenvalue weighted by atomic mass is 35.5. The van der Waals surface area contributed by atoms with E-state index >= 15 is 0 Å². The third-order valence-electron chi connectivity index (χ3n) is 2.36. The lowest BCUT2D eigenvalue weighted by molar-refractivity contribution is 0.150. The highest BCUT2D eigenvalue weighted by Crippen LogP contribution is 2.19. The summed E-state index contributed by atoms with van der Waals surface area (Å²) in [6, 6.07) is 5.83. The molecule has 15 heavy (non-hydrogen) atoms. The second kappa shape index (κ2) is 6.11. The lowest BCUT2D eigenvalue weighted by atomic mass is 10.0. The Labute approximate surface area is 95.5 Å². The molecule has 1 aromatic carbocycles. The smallest absolute Gasteiger partial charge is 0.0581 e. The number of aliphatic hydroxyl groups excluding tert-OH is 2. The standard InChI is InChI=1S/C12H17ClO2/c1-9-4-5-10(12(13)7-9)8-11(15)3-2-6-14/h4-5,7,11,14-15H,2-3,6,8H2,1H3. The molecule has 2 N–H and O–H groups in total. The fourth-order valence-corrected chi connectivity index (χ4v) is 1.81. The van der Waals surface area contributed by atoms with E-state index in [1.165, 1.54) is 0 Å². The lowest BCUT2D eigenvalue weighted by Crippen LogP contribution is -2.11. The predicted octanol–water partition coefficient (Wildman–Crippen LogP) is 2.32. The minimum atomic E-state index is -0.419. The summed E-state index contributed by atoms with van der Waals surface area (Å²) in [7, 11) is 0. The number of rotatable bonds is 5. The van der Waals surface area contributed by atoms with E-state index < -0.39 is 6.10 Å². The van der Waals surface area contributed by atoms with Gasteiger partial charge < -0.3 is 10.2 Å². The molecular weight excluding hydrogens is 212 g/mol. The van der Waals surface area contributed by atoms with E-state index in [0.717, 1.165) is 11.1 Å². The molecule has 0 aromatic heterocycles. The maximum atomic E-state index is 9.66. The molecule has 1 unspecified atom stereocenters. The fraction of sp³-hybridized carbons (Fsp3) is 0.500. The molecule has 2 nitrogen and oxygen atoms in total. The summed E-state index contributed by atoms with van der Waals surface area (Å²) >= 11 is 6.05. The van der Waals surface area contributed by atoms with Crippen LogP contribution in [0.4, 0.5) is 0 Å². The molecule has 0 radical (unpaired) electrons. The molecule has 0 spiro atoms. The first-order valence-corrected chi connectivity index (χ1v) is 5.55. The summed E-state index contributed by atoms with van der Waals surface area (Å²) < 4.78 is 0. The Bertz CT molecular complexity index is 312. The van der Waals surface area contributed by atoms with E-state index in [1.54, 1.807) is 0 Å². The van der Waals surface area contributed by atoms with Crippen molar-refractivity contribution in [2.45, 2.75) is 32.3 Å². The van der Waals surface area contributed by atoms with Crippen molar-refractivity contribution in [2.24, 2.45) is 0 Å². The monoisotopic (exact) mass is 228 g/mol. The SMILES string of the molecule is Cc1ccc(CC(O)CCCO)c(Cl)c1. The molecule has 1 rings (SSSR count). The quantitative estimate of drug-likeness (QED) is 0.812. The van der Waals surface area contributed by atoms with Gasteiger partial charge in [0.1, 0.15) is 0 Å². The minimum Gasteiger partial charge on any atom is -0.396 e. The van der Waals surface area contributed by atoms with Gasteiger partial charge in [-0.3, -0.25) is 0 Å². The van der Waals surface area contributed by atoms with Crippen molar-refractivity contribution in [1.29, 1.82) is 0 Å². The molecule has 0 aliphatic carbocycles. The Hall–Kier alpha value is -0.570. The summed E-state index contributed by atoms with van der Waals surface area (Å²) in [6.45, 7) is 2.11. The van der Waals surface area contributed by atoms with Crippen LogP contribution in [0.3, 0.4) is 0 Å². The summed E-state index contributed by atoms with van der Waals surface area (Å²) in [5.74, 6) is 0. The Morgan fingerprint density at radius 2 is 2.13 bits per heavy atom. The molecule has 3 heteroatoms. The van der Waals surface area contributed by atoms with Gasteiger partial charge in [0.2, 0.25) is 0 Å². The van der Waals surface area contributed by atoms with Gasteiger partial charge in [0.05, 0.1) is 6.10 Å². The minimum absolute atomic E-state index is 0.124. The van der Waals surface area contributed by atoms with Crippen molar-refractivity contribution in [3.63, 3.8) is 0 Å². The summed E-state index contributed by atoms with van der Waals surface area (Å²) in [6.07, 6.45) is 1.38. The maximum Gasteiger partial charge on any atom is 0.0581 e. The van der Waals surface area contributed by atoms with Gasteiger partial charge >= 0.3 is 0 Å². The zero-order valence-electron chi connectivity index (χ0n) is 8.91. The topological polar surface area (TPSA) is 40.5 Å². The van der Waals surface area contributed by atoms with E-state index in [2.05, 4.69) is 0 Å². The van der Waals surface area contributed by atoms with Crippen molar-refractivity contribution in [2.75, 3.05) is 6.61 Å². The van der Waals surface area contributed by atoms with Crippen molar-refractivity contribution < 1.29 is 10.2 Å². The maximum absolute atomic E-state index is 9.66. The number of aryl methyl sites for hydroxylation is 1. The van der Waals surface area contributed by atoms with Crippen LogP contribution in [0.5, 0.6) is 0 Å². The van der Waals surface area contributed by atoms with E-state index in [0.29, 0.717) is 24.3 Å². The largest absolute Gasteiger partial charge is 0.396 e. The van der Waals surface area contributed by atoms with E-state index in [-0.39, 0.29) is 6.61 Å². The number of benzene rings is 1. The second-order valence-corrected chi connectivity index (χ2v) is 4.23. The van der Waals surface area contributed by atoms with Gasteiger partial charge in [-0.1, -0.05) is 23.7 Å². The second-order valence-electron chi connectivity index (χ2n) is 3.82. The van der Waals surface area contributed by atoms with Crippen molar-refractivity contribution >= 4 is 11.6 Å². The number of aliphatic hydroxyl groups is 2. The van der Waals surface area contributed by atoms with Gasteiger partial charge in [-0.05, 0) is 43.4 Å². The van der Waals surface area contributed by atoms with Crippen LogP contribution < -0.4 is 0 Å². The molecule has 1 aromatic rings. The van der Waals surface area contributed by atoms with Crippen molar-refractivity contribution in [3.8, 4) is 0 Å². The van der Waals surface area contributed by atoms with Crippen LogP contribution in [-0.4, -0.2) is 22.9 Å². The molecule has 0 saturated heterocycles. The molecule has 0 fully saturated rings. The molecule has 0 aliphatic rings. The van der Waals surface area contributed by atoms with E-state index in [9.17, 15) is 5.11 Å². The number of hydrogen-bond donors (Lipinski definition) is 2. The average Bonchev–Trinajstić information content (AvgIpc) is 2.19. The highest BCUT2D eigenvalue weighted by Gasteiger charge is 2.08. The first kappa shape index (κ1) is 12.5. The first-order chi connectivity index (χ1) is 7.13. The molecule has 0 saturated carbocycles. The third-order valence-corrected chi connectivity index (χ3v) is 2.71. The molecule has 0 aliphatic heterocycles. The molecular formula is C12H17ClO2. The first-order valence-electron chi connectivity index (χ1n) is 5.17. The van der Waals surface area contributed by atoms with E-state index in [4.69, 9.17) is 16.7 Å². The zero-order chi connectivity index (χ0) is 11.3. The number of halogens is 1. The molecule has 1 atom stereocenters. The van der Waals surface area contributed by atoms with Crippen molar-refractivity contribution in [1.82, 2.24) is 0 Å². The average molecular weight is 229 g/mol. The van der Waals surface area contributed by atoms with E-state index in [1.807, 2.05) is 25.1 Å². The molecule has 0 bridgehead atoms. The fourth-order valence-electron chi connectivity index (χ4n) is 1.50. The Kier molecular flexibility index (Phi) is 5.09. The van der Waals surface area contributed by atoms with Gasteiger partial charge in [-0.2, -0.15) is 0 Å². The third kappa shape index (κ3) is 4.20. The van der Waals surface area contributed by atoms with Crippen LogP contribution in [0.2, 0.25) is 5.02 Å². The summed E-state index contributed by atoms with van der Waals surface area (Å²) in [4.78, 5) is 0. The van der Waals surface area contributed by atoms with Gasteiger partial charge in [-0.15, -0.1) is 0 Å². The predicted molar refractivity (Wildman–Crippen MR) is 62.2 cm³/mol. The van der Waals surface area contributed by atoms with Crippen LogP contribution in [-0.2, 0) is 6.42 Å². The Morgan fingerprint density at radius 3 is 2.73 bits per heavy atom. The zero-order valence-corrected chi connectivity index (χ0v) is 9.67. The van der Waals surface area contributed by atoms with Crippen LogP contribution in [0, 0.1) is 6.92 Å². The van der Waals surface area contributed by atoms with Crippen LogP contribution in [0.25, 0.3) is 0 Å². The van der Waals surface area contributed by atoms with Crippen LogP contribution in [0.1, 0.15) is 24.0 Å². The number of hydrogen-bond acceptors (Lipinski definition) is 2. The Balaban J connectivity index is 2.56.